The van der Waals surface area contributed by atoms with E-state index in [1.165, 1.54) is 29.8 Å². The maximum Gasteiger partial charge on any atom is 0.350 e. The van der Waals surface area contributed by atoms with Crippen molar-refractivity contribution in [1.29, 1.82) is 0 Å². The van der Waals surface area contributed by atoms with Gasteiger partial charge in [-0.15, -0.1) is 22.7 Å². The minimum Gasteiger partial charge on any atom is -0.465 e. The van der Waals surface area contributed by atoms with Crippen LogP contribution in [-0.4, -0.2) is 62.5 Å². The van der Waals surface area contributed by atoms with Crippen LogP contribution < -0.4 is 16.4 Å². The molecule has 3 amide bonds. The van der Waals surface area contributed by atoms with Crippen molar-refractivity contribution in [2.24, 2.45) is 5.73 Å². The van der Waals surface area contributed by atoms with Crippen molar-refractivity contribution in [1.82, 2.24) is 0 Å². The summed E-state index contributed by atoms with van der Waals surface area (Å²) in [7, 11) is 4.79. The number of thiophene rings is 2. The second-order valence-corrected chi connectivity index (χ2v) is 10.4. The molecular weight excluding hydrogens is 452 g/mol. The lowest BCUT2D eigenvalue weighted by molar-refractivity contribution is -0.874. The zero-order valence-electron chi connectivity index (χ0n) is 18.5. The molecule has 0 saturated carbocycles. The fourth-order valence-corrected chi connectivity index (χ4v) is 6.01. The number of amides is 3. The number of anilines is 2. The Kier molecular flexibility index (Phi) is 7.01. The molecule has 3 rings (SSSR count). The molecule has 0 radical (unpaired) electrons. The maximum atomic E-state index is 12.7. The molecule has 0 fully saturated rings. The number of esters is 1. The molecule has 2 heterocycles. The Balaban J connectivity index is 1.64. The van der Waals surface area contributed by atoms with E-state index in [9.17, 15) is 19.2 Å². The summed E-state index contributed by atoms with van der Waals surface area (Å²) in [5.41, 5.74) is 8.08. The molecule has 11 heteroatoms. The van der Waals surface area contributed by atoms with Crippen LogP contribution in [0.5, 0.6) is 0 Å². The molecule has 1 aliphatic carbocycles. The van der Waals surface area contributed by atoms with E-state index < -0.39 is 11.9 Å². The molecule has 0 aliphatic heterocycles. The number of hydrogen-bond acceptors (Lipinski definition) is 7. The molecule has 172 valence electrons. The number of quaternary nitrogens is 1. The summed E-state index contributed by atoms with van der Waals surface area (Å²) in [4.78, 5) is 50.6. The van der Waals surface area contributed by atoms with E-state index in [4.69, 9.17) is 10.5 Å². The largest absolute Gasteiger partial charge is 0.465 e. The topological polar surface area (TPSA) is 128 Å². The van der Waals surface area contributed by atoms with Crippen LogP contribution in [-0.2, 0) is 27.2 Å². The van der Waals surface area contributed by atoms with E-state index in [1.807, 2.05) is 0 Å². The molecule has 0 bridgehead atoms. The highest BCUT2D eigenvalue weighted by atomic mass is 32.1. The Morgan fingerprint density at radius 2 is 1.78 bits per heavy atom. The van der Waals surface area contributed by atoms with Gasteiger partial charge in [-0.25, -0.2) is 4.79 Å². The predicted molar refractivity (Wildman–Crippen MR) is 124 cm³/mol. The van der Waals surface area contributed by atoms with Crippen LogP contribution in [0, 0.1) is 6.92 Å². The van der Waals surface area contributed by atoms with Gasteiger partial charge in [0, 0.05) is 4.88 Å². The number of nitrogens with two attached hydrogens (primary N) is 1. The summed E-state index contributed by atoms with van der Waals surface area (Å²) in [6.07, 6.45) is 2.65. The summed E-state index contributed by atoms with van der Waals surface area (Å²) in [6, 6.07) is 0. The molecule has 0 aromatic carbocycles. The Morgan fingerprint density at radius 3 is 2.41 bits per heavy atom. The highest BCUT2D eigenvalue weighted by Crippen LogP contribution is 2.38. The highest BCUT2D eigenvalue weighted by Gasteiger charge is 2.29. The van der Waals surface area contributed by atoms with E-state index in [0.717, 1.165) is 35.3 Å². The first-order chi connectivity index (χ1) is 15.0. The quantitative estimate of drug-likeness (QED) is 0.395. The fourth-order valence-electron chi connectivity index (χ4n) is 3.77. The first-order valence-corrected chi connectivity index (χ1v) is 11.7. The van der Waals surface area contributed by atoms with Crippen LogP contribution >= 0.6 is 22.7 Å². The van der Waals surface area contributed by atoms with Crippen molar-refractivity contribution in [2.75, 3.05) is 44.9 Å². The fraction of sp³-hybridized carbons (Fsp3) is 0.429. The third-order valence-corrected chi connectivity index (χ3v) is 7.46. The Hall–Kier alpha value is -2.76. The number of nitrogens with one attached hydrogen (secondary N) is 2. The summed E-state index contributed by atoms with van der Waals surface area (Å²) in [5, 5.41) is 7.82. The molecule has 0 atom stereocenters. The average molecular weight is 480 g/mol. The molecule has 0 spiro atoms. The van der Waals surface area contributed by atoms with Gasteiger partial charge in [-0.3, -0.25) is 14.4 Å². The van der Waals surface area contributed by atoms with Gasteiger partial charge < -0.3 is 25.6 Å². The van der Waals surface area contributed by atoms with Crippen LogP contribution in [0.4, 0.5) is 10.7 Å². The second-order valence-electron chi connectivity index (χ2n) is 8.39. The predicted octanol–water partition coefficient (Wildman–Crippen LogP) is 2.15. The molecule has 2 aromatic rings. The molecule has 1 aliphatic rings. The lowest BCUT2D eigenvalue weighted by Gasteiger charge is -2.28. The molecule has 9 nitrogen and oxygen atoms in total. The minimum atomic E-state index is -0.541. The maximum absolute atomic E-state index is 12.7. The number of methoxy groups -OCH3 is 1. The van der Waals surface area contributed by atoms with Gasteiger partial charge >= 0.3 is 5.97 Å². The number of fused-ring (bicyclic) bond motifs is 1. The SMILES string of the molecule is COC(=O)c1scc(C)c1NC(=O)C[N+](C)(C)CC(=O)Nc1sc2c(c1C(N)=O)CCC2. The number of likely N-dealkylation sites (N-methyl/N-ethyl adjacent to an activating group) is 1. The molecule has 0 saturated heterocycles. The van der Waals surface area contributed by atoms with Gasteiger partial charge in [0.2, 0.25) is 0 Å². The first-order valence-electron chi connectivity index (χ1n) is 10.0. The van der Waals surface area contributed by atoms with Gasteiger partial charge in [0.25, 0.3) is 17.7 Å². The van der Waals surface area contributed by atoms with Crippen molar-refractivity contribution in [3.8, 4) is 0 Å². The van der Waals surface area contributed by atoms with E-state index >= 15 is 0 Å². The standard InChI is InChI=1S/C21H26N4O5S2/c1-11-10-31-18(21(29)30-4)17(11)23-14(26)8-25(2,3)9-15(27)24-20-16(19(22)28)12-6-5-7-13(12)32-20/h10H,5-9H2,1-4H3,(H3-,22,23,24,26,27,28,29)/p+1. The number of carbonyl (C=O) groups is 4. The highest BCUT2D eigenvalue weighted by molar-refractivity contribution is 7.17. The first kappa shape index (κ1) is 23.9. The van der Waals surface area contributed by atoms with Crippen molar-refractivity contribution in [2.45, 2.75) is 26.2 Å². The van der Waals surface area contributed by atoms with Crippen LogP contribution in [0.15, 0.2) is 5.38 Å². The van der Waals surface area contributed by atoms with E-state index in [1.54, 1.807) is 26.4 Å². The van der Waals surface area contributed by atoms with Gasteiger partial charge in [-0.2, -0.15) is 0 Å². The number of nitrogens with zero attached hydrogens (tertiary/aromatic N) is 1. The number of primary amides is 1. The molecule has 0 unspecified atom stereocenters. The van der Waals surface area contributed by atoms with Crippen molar-refractivity contribution in [3.63, 3.8) is 0 Å². The molecule has 2 aromatic heterocycles. The summed E-state index contributed by atoms with van der Waals surface area (Å²) < 4.78 is 4.84. The van der Waals surface area contributed by atoms with Crippen LogP contribution in [0.3, 0.4) is 0 Å². The summed E-state index contributed by atoms with van der Waals surface area (Å²) in [5.74, 6) is -1.70. The number of carbonyl (C=O) groups excluding carboxylic acids is 4. The smallest absolute Gasteiger partial charge is 0.350 e. The number of aryl methyl sites for hydroxylation is 2. The van der Waals surface area contributed by atoms with Crippen LogP contribution in [0.25, 0.3) is 0 Å². The lowest BCUT2D eigenvalue weighted by atomic mass is 10.1. The second kappa shape index (κ2) is 9.39. The van der Waals surface area contributed by atoms with Gasteiger partial charge in [0.15, 0.2) is 13.1 Å². The van der Waals surface area contributed by atoms with Crippen LogP contribution in [0.2, 0.25) is 0 Å². The van der Waals surface area contributed by atoms with Crippen molar-refractivity contribution >= 4 is 57.1 Å². The summed E-state index contributed by atoms with van der Waals surface area (Å²) >= 11 is 2.59. The van der Waals surface area contributed by atoms with Crippen molar-refractivity contribution < 1.29 is 28.4 Å². The van der Waals surface area contributed by atoms with E-state index in [0.29, 0.717) is 21.1 Å². The molecule has 4 N–H and O–H groups in total. The number of ether oxygens (including phenoxy) is 1. The zero-order chi connectivity index (χ0) is 23.6. The normalized spacial score (nSPS) is 12.9. The van der Waals surface area contributed by atoms with Gasteiger partial charge in [-0.05, 0) is 42.7 Å². The Labute approximate surface area is 194 Å². The van der Waals surface area contributed by atoms with Gasteiger partial charge in [-0.1, -0.05) is 0 Å². The minimum absolute atomic E-state index is 0.00688. The third kappa shape index (κ3) is 5.17. The zero-order valence-corrected chi connectivity index (χ0v) is 20.1. The Bertz CT molecular complexity index is 1090. The van der Waals surface area contributed by atoms with Crippen molar-refractivity contribution in [3.05, 3.63) is 31.8 Å². The van der Waals surface area contributed by atoms with Crippen LogP contribution in [0.1, 0.15) is 42.5 Å². The monoisotopic (exact) mass is 479 g/mol. The number of rotatable bonds is 8. The summed E-state index contributed by atoms with van der Waals surface area (Å²) in [6.45, 7) is 1.81. The van der Waals surface area contributed by atoms with Gasteiger partial charge in [0.05, 0.1) is 32.5 Å². The van der Waals surface area contributed by atoms with E-state index in [2.05, 4.69) is 10.6 Å². The number of hydrogen-bond donors (Lipinski definition) is 3. The molecular formula is C21H27N4O5S2+. The van der Waals surface area contributed by atoms with Gasteiger partial charge in [0.1, 0.15) is 9.88 Å². The molecule has 32 heavy (non-hydrogen) atoms. The third-order valence-electron chi connectivity index (χ3n) is 5.17. The lowest BCUT2D eigenvalue weighted by Crippen LogP contribution is -2.50. The average Bonchev–Trinajstić information content (AvgIpc) is 3.35. The van der Waals surface area contributed by atoms with E-state index in [-0.39, 0.29) is 29.4 Å². The Morgan fingerprint density at radius 1 is 1.12 bits per heavy atom.